The number of nitrogens with one attached hydrogen (secondary N) is 1. The van der Waals surface area contributed by atoms with Crippen LogP contribution in [0.3, 0.4) is 0 Å². The van der Waals surface area contributed by atoms with E-state index < -0.39 is 11.8 Å². The van der Waals surface area contributed by atoms with Gasteiger partial charge in [-0.25, -0.2) is 19.2 Å². The molecule has 0 aliphatic heterocycles. The summed E-state index contributed by atoms with van der Waals surface area (Å²) in [5, 5.41) is 7.59. The number of halogens is 1. The molecule has 10 heteroatoms. The summed E-state index contributed by atoms with van der Waals surface area (Å²) in [6, 6.07) is 11.7. The van der Waals surface area contributed by atoms with Crippen molar-refractivity contribution in [3.63, 3.8) is 0 Å². The average Bonchev–Trinajstić information content (AvgIpc) is 3.28. The second-order valence-corrected chi connectivity index (χ2v) is 6.91. The van der Waals surface area contributed by atoms with Crippen molar-refractivity contribution in [3.8, 4) is 22.9 Å². The van der Waals surface area contributed by atoms with E-state index in [2.05, 4.69) is 20.4 Å². The number of aromatic nitrogens is 4. The van der Waals surface area contributed by atoms with Crippen molar-refractivity contribution in [2.45, 2.75) is 13.5 Å². The molecule has 0 aliphatic rings. The Labute approximate surface area is 189 Å². The smallest absolute Gasteiger partial charge is 0.343 e. The van der Waals surface area contributed by atoms with Crippen LogP contribution in [0.25, 0.3) is 17.0 Å². The number of ether oxygens (including phenoxy) is 3. The molecular weight excluding hydrogens is 429 g/mol. The van der Waals surface area contributed by atoms with E-state index in [1.807, 2.05) is 12.1 Å². The Morgan fingerprint density at radius 3 is 2.64 bits per heavy atom. The molecule has 0 radical (unpaired) electrons. The summed E-state index contributed by atoms with van der Waals surface area (Å²) in [7, 11) is 3.13. The predicted octanol–water partition coefficient (Wildman–Crippen LogP) is 3.74. The van der Waals surface area contributed by atoms with E-state index in [1.165, 1.54) is 16.8 Å². The molecule has 0 bridgehead atoms. The maximum atomic E-state index is 14.4. The van der Waals surface area contributed by atoms with Crippen molar-refractivity contribution >= 4 is 17.6 Å². The minimum Gasteiger partial charge on any atom is -0.493 e. The molecule has 0 fully saturated rings. The zero-order valence-corrected chi connectivity index (χ0v) is 18.3. The van der Waals surface area contributed by atoms with Crippen molar-refractivity contribution in [3.05, 3.63) is 65.6 Å². The van der Waals surface area contributed by atoms with Gasteiger partial charge in [-0.2, -0.15) is 4.52 Å². The topological polar surface area (TPSA) is 99.9 Å². The SMILES string of the molecule is CCOC(=O)c1cnc(NCc2ccc(OC)c(OC)c2)n2nc(-c3ccccc3F)nc12. The monoisotopic (exact) mass is 451 g/mol. The van der Waals surface area contributed by atoms with E-state index >= 15 is 0 Å². The van der Waals surface area contributed by atoms with E-state index in [0.717, 1.165) is 5.56 Å². The molecule has 4 aromatic rings. The van der Waals surface area contributed by atoms with Gasteiger partial charge in [0.05, 0.1) is 26.4 Å². The number of hydrogen-bond acceptors (Lipinski definition) is 8. The Bertz CT molecular complexity index is 1310. The van der Waals surface area contributed by atoms with Gasteiger partial charge in [0.2, 0.25) is 5.95 Å². The van der Waals surface area contributed by atoms with Crippen molar-refractivity contribution < 1.29 is 23.4 Å². The van der Waals surface area contributed by atoms with Crippen LogP contribution < -0.4 is 14.8 Å². The number of methoxy groups -OCH3 is 2. The lowest BCUT2D eigenvalue weighted by Crippen LogP contribution is -2.12. The zero-order valence-electron chi connectivity index (χ0n) is 18.3. The predicted molar refractivity (Wildman–Crippen MR) is 119 cm³/mol. The summed E-state index contributed by atoms with van der Waals surface area (Å²) in [5.41, 5.74) is 1.44. The van der Waals surface area contributed by atoms with Crippen molar-refractivity contribution in [1.82, 2.24) is 19.6 Å². The molecule has 0 atom stereocenters. The van der Waals surface area contributed by atoms with Crippen molar-refractivity contribution in [1.29, 1.82) is 0 Å². The van der Waals surface area contributed by atoms with Crippen LogP contribution in [-0.2, 0) is 11.3 Å². The second-order valence-electron chi connectivity index (χ2n) is 6.91. The summed E-state index contributed by atoms with van der Waals surface area (Å²) in [6.45, 7) is 2.27. The van der Waals surface area contributed by atoms with Crippen LogP contribution in [0.15, 0.2) is 48.7 Å². The van der Waals surface area contributed by atoms with Gasteiger partial charge in [0.1, 0.15) is 11.4 Å². The van der Waals surface area contributed by atoms with E-state index in [4.69, 9.17) is 14.2 Å². The Kier molecular flexibility index (Phi) is 6.34. The van der Waals surface area contributed by atoms with Gasteiger partial charge in [-0.05, 0) is 36.8 Å². The number of carbonyl (C=O) groups excluding carboxylic acids is 1. The molecule has 0 aliphatic carbocycles. The number of hydrogen-bond donors (Lipinski definition) is 1. The fraction of sp³-hybridized carbons (Fsp3) is 0.217. The first-order valence-electron chi connectivity index (χ1n) is 10.2. The Hall–Kier alpha value is -4.21. The van der Waals surface area contributed by atoms with Gasteiger partial charge >= 0.3 is 5.97 Å². The fourth-order valence-corrected chi connectivity index (χ4v) is 3.27. The molecular formula is C23H22FN5O4. The third kappa shape index (κ3) is 4.40. The molecule has 4 rings (SSSR count). The maximum absolute atomic E-state index is 14.4. The Morgan fingerprint density at radius 2 is 1.91 bits per heavy atom. The molecule has 170 valence electrons. The third-order valence-electron chi connectivity index (χ3n) is 4.87. The number of rotatable bonds is 8. The lowest BCUT2D eigenvalue weighted by Gasteiger charge is -2.11. The van der Waals surface area contributed by atoms with E-state index in [0.29, 0.717) is 24.0 Å². The first kappa shape index (κ1) is 22.0. The summed E-state index contributed by atoms with van der Waals surface area (Å²) in [5.74, 6) is 0.595. The number of esters is 1. The van der Waals surface area contributed by atoms with E-state index in [1.54, 1.807) is 45.4 Å². The molecule has 0 unspecified atom stereocenters. The third-order valence-corrected chi connectivity index (χ3v) is 4.87. The molecule has 0 amide bonds. The van der Waals surface area contributed by atoms with Gasteiger partial charge in [0.15, 0.2) is 23.0 Å². The summed E-state index contributed by atoms with van der Waals surface area (Å²) in [6.07, 6.45) is 1.37. The van der Waals surface area contributed by atoms with Gasteiger partial charge < -0.3 is 19.5 Å². The zero-order chi connectivity index (χ0) is 23.4. The average molecular weight is 451 g/mol. The summed E-state index contributed by atoms with van der Waals surface area (Å²) < 4.78 is 31.4. The molecule has 2 aromatic carbocycles. The molecule has 9 nitrogen and oxygen atoms in total. The molecule has 2 heterocycles. The van der Waals surface area contributed by atoms with Crippen LogP contribution in [0.2, 0.25) is 0 Å². The van der Waals surface area contributed by atoms with Crippen molar-refractivity contribution in [2.75, 3.05) is 26.1 Å². The van der Waals surface area contributed by atoms with Crippen LogP contribution in [0.4, 0.5) is 10.3 Å². The molecule has 0 spiro atoms. The highest BCUT2D eigenvalue weighted by Crippen LogP contribution is 2.28. The highest BCUT2D eigenvalue weighted by Gasteiger charge is 2.21. The maximum Gasteiger partial charge on any atom is 0.343 e. The normalized spacial score (nSPS) is 10.8. The first-order valence-corrected chi connectivity index (χ1v) is 10.2. The van der Waals surface area contributed by atoms with Crippen LogP contribution >= 0.6 is 0 Å². The van der Waals surface area contributed by atoms with Crippen LogP contribution in [-0.4, -0.2) is 46.4 Å². The summed E-state index contributed by atoms with van der Waals surface area (Å²) >= 11 is 0. The van der Waals surface area contributed by atoms with Crippen LogP contribution in [0.5, 0.6) is 11.5 Å². The van der Waals surface area contributed by atoms with Gasteiger partial charge in [-0.3, -0.25) is 0 Å². The standard InChI is InChI=1S/C23H22FN5O4/c1-4-33-22(30)16-13-26-23(25-12-14-9-10-18(31-2)19(11-14)32-3)29-21(16)27-20(28-29)15-7-5-6-8-17(15)24/h5-11,13H,4,12H2,1-3H3,(H,25,26). The number of fused-ring (bicyclic) bond motifs is 1. The van der Waals surface area contributed by atoms with Crippen LogP contribution in [0, 0.1) is 5.82 Å². The van der Waals surface area contributed by atoms with Gasteiger partial charge in [-0.15, -0.1) is 5.10 Å². The molecule has 2 aromatic heterocycles. The molecule has 0 saturated heterocycles. The molecule has 1 N–H and O–H groups in total. The van der Waals surface area contributed by atoms with E-state index in [9.17, 15) is 9.18 Å². The lowest BCUT2D eigenvalue weighted by atomic mass is 10.2. The lowest BCUT2D eigenvalue weighted by molar-refractivity contribution is 0.0527. The fourth-order valence-electron chi connectivity index (χ4n) is 3.27. The van der Waals surface area contributed by atoms with Gasteiger partial charge in [0, 0.05) is 12.7 Å². The minimum absolute atomic E-state index is 0.126. The Morgan fingerprint density at radius 1 is 1.12 bits per heavy atom. The first-order chi connectivity index (χ1) is 16.0. The molecule has 0 saturated carbocycles. The summed E-state index contributed by atoms with van der Waals surface area (Å²) in [4.78, 5) is 21.2. The quantitative estimate of drug-likeness (QED) is 0.405. The number of anilines is 1. The van der Waals surface area contributed by atoms with Gasteiger partial charge in [0.25, 0.3) is 0 Å². The number of carbonyl (C=O) groups is 1. The van der Waals surface area contributed by atoms with Crippen molar-refractivity contribution in [2.24, 2.45) is 0 Å². The van der Waals surface area contributed by atoms with Gasteiger partial charge in [-0.1, -0.05) is 18.2 Å². The minimum atomic E-state index is -0.589. The number of nitrogens with zero attached hydrogens (tertiary/aromatic N) is 4. The second kappa shape index (κ2) is 9.51. The highest BCUT2D eigenvalue weighted by molar-refractivity contribution is 5.96. The highest BCUT2D eigenvalue weighted by atomic mass is 19.1. The number of benzene rings is 2. The molecule has 33 heavy (non-hydrogen) atoms. The van der Waals surface area contributed by atoms with Crippen LogP contribution in [0.1, 0.15) is 22.8 Å². The Balaban J connectivity index is 1.73. The largest absolute Gasteiger partial charge is 0.493 e. The van der Waals surface area contributed by atoms with E-state index in [-0.39, 0.29) is 29.2 Å².